The van der Waals surface area contributed by atoms with Gasteiger partial charge in [-0.15, -0.1) is 0 Å². The minimum absolute atomic E-state index is 0.190. The van der Waals surface area contributed by atoms with Crippen LogP contribution in [0, 0.1) is 6.92 Å². The Hall–Kier alpha value is -1.74. The molecule has 0 fully saturated rings. The van der Waals surface area contributed by atoms with Gasteiger partial charge >= 0.3 is 0 Å². The molecule has 1 N–H and O–H groups in total. The van der Waals surface area contributed by atoms with Crippen LogP contribution in [0.3, 0.4) is 0 Å². The monoisotopic (exact) mass is 241 g/mol. The minimum Gasteiger partial charge on any atom is -0.302 e. The fourth-order valence-electron chi connectivity index (χ4n) is 1.95. The van der Waals surface area contributed by atoms with Crippen LogP contribution < -0.4 is 5.32 Å². The minimum atomic E-state index is 0.190. The number of hydrogen-bond acceptors (Lipinski definition) is 3. The van der Waals surface area contributed by atoms with Gasteiger partial charge in [-0.25, -0.2) is 0 Å². The second kappa shape index (κ2) is 5.74. The first kappa shape index (κ1) is 12.7. The van der Waals surface area contributed by atoms with Gasteiger partial charge in [0, 0.05) is 30.7 Å². The molecular weight excluding hydrogens is 222 g/mol. The van der Waals surface area contributed by atoms with Crippen molar-refractivity contribution < 1.29 is 0 Å². The highest BCUT2D eigenvalue weighted by Crippen LogP contribution is 2.17. The SMILES string of the molecule is Cc1ccc(C(C)NC(C)c2cnccn2)cc1. The number of nitrogens with zero attached hydrogens (tertiary/aromatic N) is 2. The second-order valence-corrected chi connectivity index (χ2v) is 4.65. The third-order valence-corrected chi connectivity index (χ3v) is 3.10. The molecule has 0 amide bonds. The molecule has 0 bridgehead atoms. The first-order valence-electron chi connectivity index (χ1n) is 6.25. The first-order chi connectivity index (χ1) is 8.66. The van der Waals surface area contributed by atoms with Crippen LogP contribution in [0.25, 0.3) is 0 Å². The lowest BCUT2D eigenvalue weighted by molar-refractivity contribution is 0.485. The summed E-state index contributed by atoms with van der Waals surface area (Å²) in [5.41, 5.74) is 3.54. The number of benzene rings is 1. The number of hydrogen-bond donors (Lipinski definition) is 1. The van der Waals surface area contributed by atoms with Gasteiger partial charge in [-0.3, -0.25) is 9.97 Å². The summed E-state index contributed by atoms with van der Waals surface area (Å²) in [6, 6.07) is 9.09. The largest absolute Gasteiger partial charge is 0.302 e. The zero-order valence-corrected chi connectivity index (χ0v) is 11.1. The van der Waals surface area contributed by atoms with E-state index in [1.54, 1.807) is 18.6 Å². The van der Waals surface area contributed by atoms with Gasteiger partial charge in [0.1, 0.15) is 0 Å². The summed E-state index contributed by atoms with van der Waals surface area (Å²) in [6.45, 7) is 6.37. The van der Waals surface area contributed by atoms with Crippen LogP contribution in [0.5, 0.6) is 0 Å². The fraction of sp³-hybridized carbons (Fsp3) is 0.333. The molecule has 0 aliphatic heterocycles. The van der Waals surface area contributed by atoms with E-state index in [9.17, 15) is 0 Å². The molecule has 2 atom stereocenters. The Bertz CT molecular complexity index is 479. The lowest BCUT2D eigenvalue weighted by atomic mass is 10.1. The van der Waals surface area contributed by atoms with Crippen molar-refractivity contribution in [3.05, 3.63) is 59.7 Å². The van der Waals surface area contributed by atoms with Crippen molar-refractivity contribution in [1.29, 1.82) is 0 Å². The average molecular weight is 241 g/mol. The van der Waals surface area contributed by atoms with Crippen molar-refractivity contribution in [2.75, 3.05) is 0 Å². The zero-order valence-electron chi connectivity index (χ0n) is 11.1. The molecule has 0 spiro atoms. The van der Waals surface area contributed by atoms with E-state index in [0.29, 0.717) is 6.04 Å². The molecule has 2 unspecified atom stereocenters. The molecule has 0 saturated heterocycles. The number of aromatic nitrogens is 2. The molecule has 3 heteroatoms. The van der Waals surface area contributed by atoms with Gasteiger partial charge in [0.2, 0.25) is 0 Å². The number of rotatable bonds is 4. The van der Waals surface area contributed by atoms with E-state index in [1.807, 2.05) is 0 Å². The Morgan fingerprint density at radius 2 is 1.72 bits per heavy atom. The second-order valence-electron chi connectivity index (χ2n) is 4.65. The lowest BCUT2D eigenvalue weighted by Gasteiger charge is -2.19. The standard InChI is InChI=1S/C15H19N3/c1-11-4-6-14(7-5-11)12(2)18-13(3)15-10-16-8-9-17-15/h4-10,12-13,18H,1-3H3. The average Bonchev–Trinajstić information content (AvgIpc) is 2.40. The van der Waals surface area contributed by atoms with Crippen molar-refractivity contribution in [3.8, 4) is 0 Å². The van der Waals surface area contributed by atoms with Crippen LogP contribution in [0.1, 0.15) is 42.8 Å². The summed E-state index contributed by atoms with van der Waals surface area (Å²) < 4.78 is 0. The summed E-state index contributed by atoms with van der Waals surface area (Å²) in [7, 11) is 0. The normalized spacial score (nSPS) is 14.2. The van der Waals surface area contributed by atoms with Crippen LogP contribution in [0.15, 0.2) is 42.9 Å². The van der Waals surface area contributed by atoms with Gasteiger partial charge in [0.15, 0.2) is 0 Å². The van der Waals surface area contributed by atoms with E-state index >= 15 is 0 Å². The predicted octanol–water partition coefficient (Wildman–Crippen LogP) is 3.20. The molecule has 1 aromatic heterocycles. The molecule has 94 valence electrons. The van der Waals surface area contributed by atoms with Crippen molar-refractivity contribution in [1.82, 2.24) is 15.3 Å². The third kappa shape index (κ3) is 3.14. The van der Waals surface area contributed by atoms with Crippen LogP contribution in [-0.4, -0.2) is 9.97 Å². The highest BCUT2D eigenvalue weighted by atomic mass is 15.0. The molecule has 3 nitrogen and oxygen atoms in total. The molecule has 0 saturated carbocycles. The van der Waals surface area contributed by atoms with Gasteiger partial charge in [-0.2, -0.15) is 0 Å². The molecule has 0 aliphatic rings. The number of aryl methyl sites for hydroxylation is 1. The summed E-state index contributed by atoms with van der Waals surface area (Å²) in [4.78, 5) is 8.41. The highest BCUT2D eigenvalue weighted by molar-refractivity contribution is 5.24. The highest BCUT2D eigenvalue weighted by Gasteiger charge is 2.11. The summed E-state index contributed by atoms with van der Waals surface area (Å²) in [5.74, 6) is 0. The predicted molar refractivity (Wildman–Crippen MR) is 73.2 cm³/mol. The topological polar surface area (TPSA) is 37.8 Å². The summed E-state index contributed by atoms with van der Waals surface area (Å²) in [6.07, 6.45) is 5.23. The van der Waals surface area contributed by atoms with E-state index in [1.165, 1.54) is 11.1 Å². The van der Waals surface area contributed by atoms with Crippen molar-refractivity contribution in [3.63, 3.8) is 0 Å². The van der Waals surface area contributed by atoms with Crippen LogP contribution in [-0.2, 0) is 0 Å². The smallest absolute Gasteiger partial charge is 0.0753 e. The molecule has 0 aliphatic carbocycles. The lowest BCUT2D eigenvalue weighted by Crippen LogP contribution is -2.23. The fourth-order valence-corrected chi connectivity index (χ4v) is 1.95. The van der Waals surface area contributed by atoms with Gasteiger partial charge < -0.3 is 5.32 Å². The molecule has 0 radical (unpaired) electrons. The van der Waals surface area contributed by atoms with Gasteiger partial charge in [0.25, 0.3) is 0 Å². The summed E-state index contributed by atoms with van der Waals surface area (Å²) in [5, 5.41) is 3.53. The summed E-state index contributed by atoms with van der Waals surface area (Å²) >= 11 is 0. The Morgan fingerprint density at radius 1 is 1.00 bits per heavy atom. The van der Waals surface area contributed by atoms with E-state index < -0.39 is 0 Å². The molecule has 2 aromatic rings. The maximum absolute atomic E-state index is 4.31. The van der Waals surface area contributed by atoms with Crippen molar-refractivity contribution >= 4 is 0 Å². The van der Waals surface area contributed by atoms with Crippen LogP contribution in [0.4, 0.5) is 0 Å². The Labute approximate surface area is 108 Å². The van der Waals surface area contributed by atoms with Crippen LogP contribution >= 0.6 is 0 Å². The third-order valence-electron chi connectivity index (χ3n) is 3.10. The Balaban J connectivity index is 2.03. The van der Waals surface area contributed by atoms with E-state index in [-0.39, 0.29) is 6.04 Å². The molecular formula is C15H19N3. The van der Waals surface area contributed by atoms with E-state index in [2.05, 4.69) is 60.3 Å². The Kier molecular flexibility index (Phi) is 4.05. The molecule has 2 rings (SSSR count). The quantitative estimate of drug-likeness (QED) is 0.893. The first-order valence-corrected chi connectivity index (χ1v) is 6.25. The molecule has 1 heterocycles. The van der Waals surface area contributed by atoms with Crippen molar-refractivity contribution in [2.45, 2.75) is 32.9 Å². The van der Waals surface area contributed by atoms with Crippen molar-refractivity contribution in [2.24, 2.45) is 0 Å². The van der Waals surface area contributed by atoms with Gasteiger partial charge in [-0.05, 0) is 26.3 Å². The zero-order chi connectivity index (χ0) is 13.0. The molecule has 1 aromatic carbocycles. The van der Waals surface area contributed by atoms with Gasteiger partial charge in [-0.1, -0.05) is 29.8 Å². The van der Waals surface area contributed by atoms with Crippen LogP contribution in [0.2, 0.25) is 0 Å². The maximum Gasteiger partial charge on any atom is 0.0753 e. The number of nitrogens with one attached hydrogen (secondary N) is 1. The Morgan fingerprint density at radius 3 is 2.33 bits per heavy atom. The van der Waals surface area contributed by atoms with Gasteiger partial charge in [0.05, 0.1) is 5.69 Å². The van der Waals surface area contributed by atoms with E-state index in [0.717, 1.165) is 5.69 Å². The van der Waals surface area contributed by atoms with E-state index in [4.69, 9.17) is 0 Å². The maximum atomic E-state index is 4.31. The molecule has 18 heavy (non-hydrogen) atoms.